The van der Waals surface area contributed by atoms with E-state index in [2.05, 4.69) is 10.5 Å². The summed E-state index contributed by atoms with van der Waals surface area (Å²) in [5.74, 6) is 0.523. The van der Waals surface area contributed by atoms with Gasteiger partial charge in [0.05, 0.1) is 17.7 Å². The molecular weight excluding hydrogens is 385 g/mol. The predicted octanol–water partition coefficient (Wildman–Crippen LogP) is 4.61. The number of alkyl halides is 3. The summed E-state index contributed by atoms with van der Waals surface area (Å²) in [4.78, 5) is 12.2. The first-order valence-corrected chi connectivity index (χ1v) is 9.01. The Morgan fingerprint density at radius 1 is 1.21 bits per heavy atom. The van der Waals surface area contributed by atoms with Crippen molar-refractivity contribution in [1.29, 1.82) is 0 Å². The Labute approximate surface area is 164 Å². The maximum atomic E-state index is 13.1. The first kappa shape index (κ1) is 19.0. The molecule has 0 saturated carbocycles. The summed E-state index contributed by atoms with van der Waals surface area (Å²) in [7, 11) is 0. The predicted molar refractivity (Wildman–Crippen MR) is 98.3 cm³/mol. The van der Waals surface area contributed by atoms with Crippen molar-refractivity contribution in [3.8, 4) is 17.1 Å². The monoisotopic (exact) mass is 402 g/mol. The number of carbonyl (C=O) groups is 1. The van der Waals surface area contributed by atoms with E-state index in [9.17, 15) is 18.0 Å². The number of halogens is 3. The number of ether oxygens (including phenoxy) is 1. The topological polar surface area (TPSA) is 64.4 Å². The molecule has 0 bridgehead atoms. The quantitative estimate of drug-likeness (QED) is 0.692. The Morgan fingerprint density at radius 3 is 2.79 bits per heavy atom. The lowest BCUT2D eigenvalue weighted by molar-refractivity contribution is -0.137. The van der Waals surface area contributed by atoms with Crippen molar-refractivity contribution in [2.75, 3.05) is 0 Å². The van der Waals surface area contributed by atoms with Gasteiger partial charge < -0.3 is 14.6 Å². The fourth-order valence-corrected chi connectivity index (χ4v) is 3.30. The van der Waals surface area contributed by atoms with E-state index in [4.69, 9.17) is 9.26 Å². The number of rotatable bonds is 4. The number of benzene rings is 2. The summed E-state index contributed by atoms with van der Waals surface area (Å²) < 4.78 is 50.2. The highest BCUT2D eigenvalue weighted by molar-refractivity contribution is 5.95. The SMILES string of the molecule is C[C@@H]1Cc2cc(-c3cc(CNC(=O)c4ccccc4C(F)(F)F)no3)ccc2O1. The van der Waals surface area contributed by atoms with Crippen LogP contribution in [0.5, 0.6) is 5.75 Å². The molecule has 0 spiro atoms. The van der Waals surface area contributed by atoms with Gasteiger partial charge in [-0.25, -0.2) is 0 Å². The zero-order valence-corrected chi connectivity index (χ0v) is 15.4. The zero-order valence-electron chi connectivity index (χ0n) is 15.4. The van der Waals surface area contributed by atoms with Gasteiger partial charge in [-0.1, -0.05) is 17.3 Å². The third kappa shape index (κ3) is 3.96. The van der Waals surface area contributed by atoms with E-state index in [0.29, 0.717) is 11.5 Å². The molecule has 2 heterocycles. The summed E-state index contributed by atoms with van der Waals surface area (Å²) in [6, 6.07) is 12.0. The molecule has 4 rings (SSSR count). The lowest BCUT2D eigenvalue weighted by Gasteiger charge is -2.12. The van der Waals surface area contributed by atoms with Crippen LogP contribution in [0, 0.1) is 0 Å². The molecule has 1 amide bonds. The van der Waals surface area contributed by atoms with Crippen LogP contribution in [-0.2, 0) is 19.1 Å². The van der Waals surface area contributed by atoms with Crippen molar-refractivity contribution in [2.24, 2.45) is 0 Å². The zero-order chi connectivity index (χ0) is 20.6. The number of fused-ring (bicyclic) bond motifs is 1. The first-order chi connectivity index (χ1) is 13.8. The van der Waals surface area contributed by atoms with Crippen LogP contribution in [0.3, 0.4) is 0 Å². The highest BCUT2D eigenvalue weighted by Gasteiger charge is 2.34. The van der Waals surface area contributed by atoms with Gasteiger partial charge in [-0.15, -0.1) is 0 Å². The fourth-order valence-electron chi connectivity index (χ4n) is 3.30. The van der Waals surface area contributed by atoms with Crippen LogP contribution in [0.4, 0.5) is 13.2 Å². The van der Waals surface area contributed by atoms with Crippen molar-refractivity contribution in [1.82, 2.24) is 10.5 Å². The number of carbonyl (C=O) groups excluding carboxylic acids is 1. The van der Waals surface area contributed by atoms with Crippen LogP contribution in [0.1, 0.15) is 34.1 Å². The molecule has 29 heavy (non-hydrogen) atoms. The van der Waals surface area contributed by atoms with E-state index >= 15 is 0 Å². The smallest absolute Gasteiger partial charge is 0.417 e. The third-order valence-corrected chi connectivity index (χ3v) is 4.65. The second-order valence-corrected chi connectivity index (χ2v) is 6.86. The van der Waals surface area contributed by atoms with Crippen molar-refractivity contribution in [3.05, 3.63) is 70.9 Å². The highest BCUT2D eigenvalue weighted by Crippen LogP contribution is 2.33. The van der Waals surface area contributed by atoms with E-state index < -0.39 is 23.2 Å². The van der Waals surface area contributed by atoms with Gasteiger partial charge in [0.1, 0.15) is 17.5 Å². The number of nitrogens with one attached hydrogen (secondary N) is 1. The molecule has 0 fully saturated rings. The maximum Gasteiger partial charge on any atom is 0.417 e. The van der Waals surface area contributed by atoms with Crippen LogP contribution in [0.25, 0.3) is 11.3 Å². The molecule has 8 heteroatoms. The molecule has 1 aromatic heterocycles. The number of aromatic nitrogens is 1. The average molecular weight is 402 g/mol. The van der Waals surface area contributed by atoms with E-state index in [-0.39, 0.29) is 12.6 Å². The Balaban J connectivity index is 1.46. The van der Waals surface area contributed by atoms with E-state index in [1.807, 2.05) is 25.1 Å². The molecule has 2 aromatic carbocycles. The van der Waals surface area contributed by atoms with Gasteiger partial charge in [0, 0.05) is 18.1 Å². The lowest BCUT2D eigenvalue weighted by atomic mass is 10.1. The Hall–Kier alpha value is -3.29. The summed E-state index contributed by atoms with van der Waals surface area (Å²) in [6.45, 7) is 1.94. The molecule has 0 saturated heterocycles. The number of hydrogen-bond acceptors (Lipinski definition) is 4. The van der Waals surface area contributed by atoms with Crippen LogP contribution in [-0.4, -0.2) is 17.2 Å². The Bertz CT molecular complexity index is 1060. The number of amides is 1. The molecule has 1 atom stereocenters. The Kier molecular flexibility index (Phi) is 4.77. The molecule has 1 aliphatic rings. The van der Waals surface area contributed by atoms with Gasteiger partial charge in [-0.2, -0.15) is 13.2 Å². The van der Waals surface area contributed by atoms with Gasteiger partial charge >= 0.3 is 6.18 Å². The normalized spacial score (nSPS) is 15.7. The van der Waals surface area contributed by atoms with Crippen LogP contribution < -0.4 is 10.1 Å². The number of nitrogens with zero attached hydrogens (tertiary/aromatic N) is 1. The first-order valence-electron chi connectivity index (χ1n) is 9.01. The van der Waals surface area contributed by atoms with Gasteiger partial charge in [0.15, 0.2) is 5.76 Å². The molecule has 5 nitrogen and oxygen atoms in total. The third-order valence-electron chi connectivity index (χ3n) is 4.65. The molecule has 3 aromatic rings. The molecule has 0 unspecified atom stereocenters. The molecule has 0 radical (unpaired) electrons. The van der Waals surface area contributed by atoms with Gasteiger partial charge in [-0.3, -0.25) is 4.79 Å². The number of hydrogen-bond donors (Lipinski definition) is 1. The summed E-state index contributed by atoms with van der Waals surface area (Å²) >= 11 is 0. The van der Waals surface area contributed by atoms with E-state index in [1.165, 1.54) is 12.1 Å². The van der Waals surface area contributed by atoms with Gasteiger partial charge in [0.2, 0.25) is 0 Å². The fraction of sp³-hybridized carbons (Fsp3) is 0.238. The van der Waals surface area contributed by atoms with Crippen molar-refractivity contribution < 1.29 is 27.2 Å². The molecule has 1 N–H and O–H groups in total. The standard InChI is InChI=1S/C21H17F3N2O3/c1-12-8-14-9-13(6-7-18(14)28-12)19-10-15(26-29-19)11-25-20(27)16-4-2-3-5-17(16)21(22,23)24/h2-7,9-10,12H,8,11H2,1H3,(H,25,27)/t12-/m1/s1. The average Bonchev–Trinajstić information content (AvgIpc) is 3.30. The van der Waals surface area contributed by atoms with E-state index in [0.717, 1.165) is 35.4 Å². The lowest BCUT2D eigenvalue weighted by Crippen LogP contribution is -2.26. The molecule has 150 valence electrons. The summed E-state index contributed by atoms with van der Waals surface area (Å²) in [5, 5.41) is 6.35. The summed E-state index contributed by atoms with van der Waals surface area (Å²) in [6.07, 6.45) is -3.68. The minimum Gasteiger partial charge on any atom is -0.490 e. The van der Waals surface area contributed by atoms with Gasteiger partial charge in [-0.05, 0) is 42.8 Å². The Morgan fingerprint density at radius 2 is 2.00 bits per heavy atom. The molecular formula is C21H17F3N2O3. The minimum absolute atomic E-state index is 0.0559. The van der Waals surface area contributed by atoms with Crippen molar-refractivity contribution in [2.45, 2.75) is 32.2 Å². The highest BCUT2D eigenvalue weighted by atomic mass is 19.4. The van der Waals surface area contributed by atoms with Crippen LogP contribution in [0.15, 0.2) is 53.1 Å². The second kappa shape index (κ2) is 7.27. The maximum absolute atomic E-state index is 13.1. The summed E-state index contributed by atoms with van der Waals surface area (Å²) in [5.41, 5.74) is 0.881. The van der Waals surface area contributed by atoms with E-state index in [1.54, 1.807) is 6.07 Å². The molecule has 1 aliphatic heterocycles. The second-order valence-electron chi connectivity index (χ2n) is 6.86. The van der Waals surface area contributed by atoms with Crippen LogP contribution in [0.2, 0.25) is 0 Å². The largest absolute Gasteiger partial charge is 0.490 e. The van der Waals surface area contributed by atoms with Gasteiger partial charge in [0.25, 0.3) is 5.91 Å². The minimum atomic E-state index is -4.61. The molecule has 0 aliphatic carbocycles. The van der Waals surface area contributed by atoms with Crippen molar-refractivity contribution >= 4 is 5.91 Å². The van der Waals surface area contributed by atoms with Crippen LogP contribution >= 0.6 is 0 Å². The van der Waals surface area contributed by atoms with Crippen molar-refractivity contribution in [3.63, 3.8) is 0 Å².